The maximum absolute atomic E-state index is 12.4. The molecule has 8 heteroatoms. The molecule has 1 aromatic rings. The fourth-order valence-electron chi connectivity index (χ4n) is 3.67. The molecule has 2 fully saturated rings. The molecule has 1 unspecified atom stereocenters. The van der Waals surface area contributed by atoms with Gasteiger partial charge in [0.25, 0.3) is 0 Å². The number of rotatable bonds is 6. The summed E-state index contributed by atoms with van der Waals surface area (Å²) in [6.07, 6.45) is 3.63. The Hall–Kier alpha value is -1.08. The van der Waals surface area contributed by atoms with E-state index < -0.39 is 0 Å². The predicted molar refractivity (Wildman–Crippen MR) is 111 cm³/mol. The number of anilines is 1. The number of pyridine rings is 1. The number of carbonyl (C=O) groups excluding carboxylic acids is 1. The number of amides is 1. The molecule has 0 aromatic carbocycles. The van der Waals surface area contributed by atoms with Crippen LogP contribution in [0.5, 0.6) is 0 Å². The van der Waals surface area contributed by atoms with E-state index in [1.807, 2.05) is 30.3 Å². The maximum Gasteiger partial charge on any atom is 0.223 e. The summed E-state index contributed by atoms with van der Waals surface area (Å²) in [6.45, 7) is 7.73. The summed E-state index contributed by atoms with van der Waals surface area (Å²) in [4.78, 5) is 23.6. The first-order chi connectivity index (χ1) is 11.8. The summed E-state index contributed by atoms with van der Waals surface area (Å²) in [5, 5.41) is 3.21. The normalized spacial score (nSPS) is 20.4. The SMILES string of the molecule is CNCC1CCN(C(=O)CCN2CCN(c3ccccn3)CC2)C1.Cl.Cl. The van der Waals surface area contributed by atoms with Crippen molar-refractivity contribution in [2.24, 2.45) is 5.92 Å². The van der Waals surface area contributed by atoms with E-state index in [-0.39, 0.29) is 24.8 Å². The van der Waals surface area contributed by atoms with Crippen molar-refractivity contribution in [3.8, 4) is 0 Å². The molecular formula is C18H31Cl2N5O. The minimum Gasteiger partial charge on any atom is -0.354 e. The molecule has 3 rings (SSSR count). The first-order valence-electron chi connectivity index (χ1n) is 9.07. The molecule has 0 bridgehead atoms. The van der Waals surface area contributed by atoms with Gasteiger partial charge in [0.15, 0.2) is 0 Å². The third-order valence-electron chi connectivity index (χ3n) is 5.12. The Kier molecular flexibility index (Phi) is 10.2. The van der Waals surface area contributed by atoms with Crippen LogP contribution >= 0.6 is 24.8 Å². The van der Waals surface area contributed by atoms with Crippen LogP contribution < -0.4 is 10.2 Å². The van der Waals surface area contributed by atoms with Gasteiger partial charge in [-0.3, -0.25) is 9.69 Å². The second-order valence-electron chi connectivity index (χ2n) is 6.82. The van der Waals surface area contributed by atoms with Gasteiger partial charge in [0.05, 0.1) is 0 Å². The van der Waals surface area contributed by atoms with Gasteiger partial charge in [0.1, 0.15) is 5.82 Å². The van der Waals surface area contributed by atoms with Gasteiger partial charge in [-0.15, -0.1) is 24.8 Å². The van der Waals surface area contributed by atoms with Gasteiger partial charge in [-0.1, -0.05) is 6.07 Å². The third kappa shape index (κ3) is 6.27. The molecule has 2 saturated heterocycles. The van der Waals surface area contributed by atoms with Crippen molar-refractivity contribution < 1.29 is 4.79 Å². The average Bonchev–Trinajstić information content (AvgIpc) is 3.10. The van der Waals surface area contributed by atoms with E-state index in [0.29, 0.717) is 18.2 Å². The quantitative estimate of drug-likeness (QED) is 0.779. The van der Waals surface area contributed by atoms with Gasteiger partial charge >= 0.3 is 0 Å². The van der Waals surface area contributed by atoms with Crippen LogP contribution in [0.1, 0.15) is 12.8 Å². The number of halogens is 2. The highest BCUT2D eigenvalue weighted by atomic mass is 35.5. The number of hydrogen-bond donors (Lipinski definition) is 1. The summed E-state index contributed by atoms with van der Waals surface area (Å²) in [7, 11) is 1.98. The first-order valence-corrected chi connectivity index (χ1v) is 9.07. The zero-order chi connectivity index (χ0) is 16.8. The molecule has 0 spiro atoms. The predicted octanol–water partition coefficient (Wildman–Crippen LogP) is 1.51. The molecule has 1 N–H and O–H groups in total. The molecule has 1 amide bonds. The standard InChI is InChI=1S/C18H29N5O.2ClH/c1-19-14-16-5-9-23(15-16)18(24)6-8-21-10-12-22(13-11-21)17-4-2-3-7-20-17;;/h2-4,7,16,19H,5-6,8-15H2,1H3;2*1H. The molecule has 1 aromatic heterocycles. The highest BCUT2D eigenvalue weighted by Crippen LogP contribution is 2.17. The Balaban J connectivity index is 0.00000169. The van der Waals surface area contributed by atoms with Gasteiger partial charge in [-0.25, -0.2) is 4.98 Å². The number of hydrogen-bond acceptors (Lipinski definition) is 5. The Morgan fingerprint density at radius 1 is 1.19 bits per heavy atom. The molecule has 3 heterocycles. The summed E-state index contributed by atoms with van der Waals surface area (Å²) >= 11 is 0. The molecule has 0 aliphatic carbocycles. The topological polar surface area (TPSA) is 51.7 Å². The van der Waals surface area contributed by atoms with Crippen LogP contribution in [-0.2, 0) is 4.79 Å². The molecular weight excluding hydrogens is 373 g/mol. The van der Waals surface area contributed by atoms with Crippen molar-refractivity contribution in [1.82, 2.24) is 20.1 Å². The van der Waals surface area contributed by atoms with E-state index >= 15 is 0 Å². The Morgan fingerprint density at radius 3 is 2.62 bits per heavy atom. The molecule has 2 aliphatic heterocycles. The second-order valence-corrected chi connectivity index (χ2v) is 6.82. The zero-order valence-electron chi connectivity index (χ0n) is 15.5. The lowest BCUT2D eigenvalue weighted by Gasteiger charge is -2.35. The molecule has 26 heavy (non-hydrogen) atoms. The van der Waals surface area contributed by atoms with Crippen molar-refractivity contribution in [2.45, 2.75) is 12.8 Å². The minimum atomic E-state index is 0. The van der Waals surface area contributed by atoms with Crippen molar-refractivity contribution in [2.75, 3.05) is 64.3 Å². The molecule has 1 atom stereocenters. The van der Waals surface area contributed by atoms with Crippen LogP contribution in [0.3, 0.4) is 0 Å². The van der Waals surface area contributed by atoms with Crippen LogP contribution in [0, 0.1) is 5.92 Å². The number of piperazine rings is 1. The summed E-state index contributed by atoms with van der Waals surface area (Å²) in [5.74, 6) is 2.00. The highest BCUT2D eigenvalue weighted by Gasteiger charge is 2.26. The second kappa shape index (κ2) is 11.6. The monoisotopic (exact) mass is 403 g/mol. The Labute approximate surface area is 169 Å². The van der Waals surface area contributed by atoms with E-state index in [0.717, 1.165) is 64.6 Å². The van der Waals surface area contributed by atoms with Crippen molar-refractivity contribution in [3.63, 3.8) is 0 Å². The smallest absolute Gasteiger partial charge is 0.223 e. The largest absolute Gasteiger partial charge is 0.354 e. The number of nitrogens with one attached hydrogen (secondary N) is 1. The van der Waals surface area contributed by atoms with E-state index in [9.17, 15) is 4.79 Å². The van der Waals surface area contributed by atoms with E-state index in [1.165, 1.54) is 0 Å². The van der Waals surface area contributed by atoms with E-state index in [1.54, 1.807) is 0 Å². The molecule has 0 saturated carbocycles. The molecule has 0 radical (unpaired) electrons. The van der Waals surface area contributed by atoms with Crippen LogP contribution in [0.2, 0.25) is 0 Å². The van der Waals surface area contributed by atoms with Crippen LogP contribution in [0.4, 0.5) is 5.82 Å². The number of nitrogens with zero attached hydrogens (tertiary/aromatic N) is 4. The van der Waals surface area contributed by atoms with Gasteiger partial charge in [-0.05, 0) is 38.1 Å². The molecule has 148 valence electrons. The number of carbonyl (C=O) groups is 1. The fourth-order valence-corrected chi connectivity index (χ4v) is 3.67. The molecule has 6 nitrogen and oxygen atoms in total. The summed E-state index contributed by atoms with van der Waals surface area (Å²) in [6, 6.07) is 6.05. The van der Waals surface area contributed by atoms with Crippen LogP contribution in [-0.4, -0.2) is 80.1 Å². The van der Waals surface area contributed by atoms with Gasteiger partial charge in [-0.2, -0.15) is 0 Å². The van der Waals surface area contributed by atoms with Gasteiger partial charge in [0, 0.05) is 58.4 Å². The van der Waals surface area contributed by atoms with Gasteiger partial charge < -0.3 is 15.1 Å². The van der Waals surface area contributed by atoms with Crippen LogP contribution in [0.25, 0.3) is 0 Å². The Bertz CT molecular complexity index is 526. The fraction of sp³-hybridized carbons (Fsp3) is 0.667. The van der Waals surface area contributed by atoms with Crippen molar-refractivity contribution in [1.29, 1.82) is 0 Å². The number of likely N-dealkylation sites (tertiary alicyclic amines) is 1. The lowest BCUT2D eigenvalue weighted by Crippen LogP contribution is -2.47. The number of aromatic nitrogens is 1. The van der Waals surface area contributed by atoms with Crippen LogP contribution in [0.15, 0.2) is 24.4 Å². The average molecular weight is 404 g/mol. The van der Waals surface area contributed by atoms with E-state index in [4.69, 9.17) is 0 Å². The first kappa shape index (κ1) is 23.0. The Morgan fingerprint density at radius 2 is 1.96 bits per heavy atom. The third-order valence-corrected chi connectivity index (χ3v) is 5.12. The van der Waals surface area contributed by atoms with Crippen molar-refractivity contribution in [3.05, 3.63) is 24.4 Å². The maximum atomic E-state index is 12.4. The minimum absolute atomic E-state index is 0. The zero-order valence-corrected chi connectivity index (χ0v) is 17.1. The van der Waals surface area contributed by atoms with Crippen molar-refractivity contribution >= 4 is 36.5 Å². The van der Waals surface area contributed by atoms with Gasteiger partial charge in [0.2, 0.25) is 5.91 Å². The lowest BCUT2D eigenvalue weighted by molar-refractivity contribution is -0.130. The van der Waals surface area contributed by atoms with E-state index in [2.05, 4.69) is 26.2 Å². The molecule has 2 aliphatic rings. The highest BCUT2D eigenvalue weighted by molar-refractivity contribution is 5.85. The summed E-state index contributed by atoms with van der Waals surface area (Å²) < 4.78 is 0. The summed E-state index contributed by atoms with van der Waals surface area (Å²) in [5.41, 5.74) is 0. The lowest BCUT2D eigenvalue weighted by atomic mass is 10.1.